The van der Waals surface area contributed by atoms with Crippen LogP contribution < -0.4 is 10.1 Å². The summed E-state index contributed by atoms with van der Waals surface area (Å²) in [5.74, 6) is 0.296. The number of carbonyl (C=O) groups excluding carboxylic acids is 1. The molecular weight excluding hydrogens is 327 g/mol. The van der Waals surface area contributed by atoms with Crippen molar-refractivity contribution in [1.82, 2.24) is 10.3 Å². The van der Waals surface area contributed by atoms with E-state index in [4.69, 9.17) is 4.74 Å². The van der Waals surface area contributed by atoms with E-state index in [0.29, 0.717) is 12.4 Å². The normalized spacial score (nSPS) is 11.3. The summed E-state index contributed by atoms with van der Waals surface area (Å²) in [6, 6.07) is 12.8. The molecule has 2 aromatic rings. The molecule has 0 aliphatic carbocycles. The Hall–Kier alpha value is -1.85. The number of rotatable bonds is 9. The van der Waals surface area contributed by atoms with Gasteiger partial charge < -0.3 is 10.1 Å². The van der Waals surface area contributed by atoms with Gasteiger partial charge in [-0.1, -0.05) is 30.3 Å². The van der Waals surface area contributed by atoms with Crippen LogP contribution in [0.15, 0.2) is 48.7 Å². The van der Waals surface area contributed by atoms with Gasteiger partial charge in [0.2, 0.25) is 5.88 Å². The summed E-state index contributed by atoms with van der Waals surface area (Å²) in [5.41, 5.74) is 1.76. The third-order valence-electron chi connectivity index (χ3n) is 3.37. The van der Waals surface area contributed by atoms with E-state index in [-0.39, 0.29) is 24.7 Å². The molecule has 1 aromatic carbocycles. The Labute approximate surface area is 142 Å². The number of pyridine rings is 1. The van der Waals surface area contributed by atoms with Gasteiger partial charge in [-0.15, -0.1) is 0 Å². The van der Waals surface area contributed by atoms with Crippen LogP contribution in [-0.2, 0) is 17.5 Å². The minimum atomic E-state index is -3.26. The van der Waals surface area contributed by atoms with Gasteiger partial charge in [-0.25, -0.2) is 14.8 Å². The molecule has 128 valence electrons. The van der Waals surface area contributed by atoms with Crippen molar-refractivity contribution in [2.75, 3.05) is 19.8 Å². The second-order valence-corrected chi connectivity index (χ2v) is 7.92. The molecule has 0 aliphatic rings. The Balaban J connectivity index is 1.77. The van der Waals surface area contributed by atoms with E-state index in [0.717, 1.165) is 11.1 Å². The smallest absolute Gasteiger partial charge is 0.279 e. The number of Topliss-reactive ketones (excluding diaryl/α,β-unsaturated/α-hetero) is 1. The minimum Gasteiger partial charge on any atom is -0.481 e. The molecule has 2 rings (SSSR count). The van der Waals surface area contributed by atoms with E-state index >= 15 is 0 Å². The molecule has 0 radical (unpaired) electrons. The highest BCUT2D eigenvalue weighted by Crippen LogP contribution is 2.52. The molecule has 0 fully saturated rings. The van der Waals surface area contributed by atoms with Crippen LogP contribution in [0.25, 0.3) is 0 Å². The third kappa shape index (κ3) is 6.34. The zero-order valence-corrected chi connectivity index (χ0v) is 14.4. The highest BCUT2D eigenvalue weighted by molar-refractivity contribution is 7.64. The molecule has 0 bridgehead atoms. The summed E-state index contributed by atoms with van der Waals surface area (Å²) in [7, 11) is -1.72. The first kappa shape index (κ1) is 18.5. The molecular formula is C17H22N2O4P+. The summed E-state index contributed by atoms with van der Waals surface area (Å²) in [4.78, 5) is 36.2. The maximum Gasteiger partial charge on any atom is 0.279 e. The topological polar surface area (TPSA) is 91.7 Å². The molecule has 3 N–H and O–H groups in total. The molecule has 1 aromatic heterocycles. The van der Waals surface area contributed by atoms with Gasteiger partial charge in [-0.05, 0) is 17.2 Å². The SMILES string of the molecule is COc1cc(CNCC(=O)C[P+](O)(O)Cc2ccccc2)ccn1. The fourth-order valence-electron chi connectivity index (χ4n) is 2.29. The van der Waals surface area contributed by atoms with Gasteiger partial charge in [0.25, 0.3) is 7.72 Å². The zero-order valence-electron chi connectivity index (χ0n) is 13.6. The van der Waals surface area contributed by atoms with Gasteiger partial charge in [0.05, 0.1) is 13.7 Å². The van der Waals surface area contributed by atoms with E-state index in [1.807, 2.05) is 36.4 Å². The highest BCUT2D eigenvalue weighted by Gasteiger charge is 2.36. The van der Waals surface area contributed by atoms with E-state index in [9.17, 15) is 14.6 Å². The first-order valence-corrected chi connectivity index (χ1v) is 9.63. The Kier molecular flexibility index (Phi) is 6.82. The fraction of sp³-hybridized carbons (Fsp3) is 0.294. The molecule has 0 saturated heterocycles. The quantitative estimate of drug-likeness (QED) is 0.598. The van der Waals surface area contributed by atoms with E-state index in [2.05, 4.69) is 10.3 Å². The zero-order chi connectivity index (χ0) is 17.4. The number of aromatic nitrogens is 1. The number of benzene rings is 1. The number of nitrogens with zero attached hydrogens (tertiary/aromatic N) is 1. The number of hydrogen-bond donors (Lipinski definition) is 3. The molecule has 0 aliphatic heterocycles. The average molecular weight is 349 g/mol. The maximum atomic E-state index is 12.0. The largest absolute Gasteiger partial charge is 0.481 e. The minimum absolute atomic E-state index is 0.0856. The Morgan fingerprint density at radius 2 is 1.96 bits per heavy atom. The molecule has 6 nitrogen and oxygen atoms in total. The number of nitrogens with one attached hydrogen (secondary N) is 1. The lowest BCUT2D eigenvalue weighted by molar-refractivity contribution is -0.116. The van der Waals surface area contributed by atoms with Gasteiger partial charge in [0, 0.05) is 18.8 Å². The van der Waals surface area contributed by atoms with Crippen LogP contribution >= 0.6 is 7.72 Å². The van der Waals surface area contributed by atoms with Crippen molar-refractivity contribution in [3.05, 3.63) is 59.8 Å². The van der Waals surface area contributed by atoms with E-state index in [1.165, 1.54) is 0 Å². The summed E-state index contributed by atoms with van der Waals surface area (Å²) >= 11 is 0. The van der Waals surface area contributed by atoms with Crippen molar-refractivity contribution < 1.29 is 19.3 Å². The fourth-order valence-corrected chi connectivity index (χ4v) is 3.87. The lowest BCUT2D eigenvalue weighted by atomic mass is 10.2. The molecule has 0 unspecified atom stereocenters. The van der Waals surface area contributed by atoms with Gasteiger partial charge in [0.15, 0.2) is 11.9 Å². The Morgan fingerprint density at radius 3 is 2.67 bits per heavy atom. The number of ether oxygens (including phenoxy) is 1. The van der Waals surface area contributed by atoms with Crippen LogP contribution in [0.4, 0.5) is 0 Å². The van der Waals surface area contributed by atoms with Gasteiger partial charge in [-0.2, -0.15) is 0 Å². The standard InChI is InChI=1S/C17H22N2O4P/c1-23-17-9-15(7-8-19-17)10-18-11-16(20)13-24(21,22)12-14-5-3-2-4-6-14/h2-9,18,21-22H,10-13H2,1H3/q+1. The van der Waals surface area contributed by atoms with Crippen molar-refractivity contribution in [3.8, 4) is 5.88 Å². The Morgan fingerprint density at radius 1 is 1.21 bits per heavy atom. The van der Waals surface area contributed by atoms with Crippen LogP contribution in [0.1, 0.15) is 11.1 Å². The van der Waals surface area contributed by atoms with Crippen molar-refractivity contribution >= 4 is 13.5 Å². The number of hydrogen-bond acceptors (Lipinski definition) is 6. The summed E-state index contributed by atoms with van der Waals surface area (Å²) < 4.78 is 5.04. The average Bonchev–Trinajstić information content (AvgIpc) is 2.55. The van der Waals surface area contributed by atoms with Crippen molar-refractivity contribution in [1.29, 1.82) is 0 Å². The molecule has 0 amide bonds. The second kappa shape index (κ2) is 8.85. The maximum absolute atomic E-state index is 12.0. The highest BCUT2D eigenvalue weighted by atomic mass is 31.2. The predicted octanol–water partition coefficient (Wildman–Crippen LogP) is 1.78. The van der Waals surface area contributed by atoms with E-state index < -0.39 is 7.72 Å². The first-order valence-electron chi connectivity index (χ1n) is 7.56. The van der Waals surface area contributed by atoms with Crippen LogP contribution in [0, 0.1) is 0 Å². The van der Waals surface area contributed by atoms with Crippen molar-refractivity contribution in [2.24, 2.45) is 0 Å². The van der Waals surface area contributed by atoms with Crippen molar-refractivity contribution in [2.45, 2.75) is 12.7 Å². The molecule has 24 heavy (non-hydrogen) atoms. The molecule has 0 spiro atoms. The molecule has 7 heteroatoms. The van der Waals surface area contributed by atoms with Crippen LogP contribution in [0.5, 0.6) is 5.88 Å². The molecule has 0 atom stereocenters. The molecule has 1 heterocycles. The van der Waals surface area contributed by atoms with Crippen molar-refractivity contribution in [3.63, 3.8) is 0 Å². The summed E-state index contributed by atoms with van der Waals surface area (Å²) in [5, 5.41) is 3.00. The monoisotopic (exact) mass is 349 g/mol. The summed E-state index contributed by atoms with van der Waals surface area (Å²) in [6.45, 7) is 0.563. The Bertz CT molecular complexity index is 665. The third-order valence-corrected chi connectivity index (χ3v) is 5.10. The lowest BCUT2D eigenvalue weighted by Crippen LogP contribution is -2.26. The van der Waals surface area contributed by atoms with Crippen LogP contribution in [-0.4, -0.2) is 40.4 Å². The van der Waals surface area contributed by atoms with Gasteiger partial charge >= 0.3 is 0 Å². The number of carbonyl (C=O) groups is 1. The number of ketones is 1. The second-order valence-electron chi connectivity index (χ2n) is 5.53. The van der Waals surface area contributed by atoms with Crippen LogP contribution in [0.2, 0.25) is 0 Å². The summed E-state index contributed by atoms with van der Waals surface area (Å²) in [6.07, 6.45) is 1.55. The number of methoxy groups -OCH3 is 1. The van der Waals surface area contributed by atoms with Crippen LogP contribution in [0.3, 0.4) is 0 Å². The molecule has 0 saturated carbocycles. The lowest BCUT2D eigenvalue weighted by Gasteiger charge is -2.12. The van der Waals surface area contributed by atoms with E-state index in [1.54, 1.807) is 19.4 Å². The van der Waals surface area contributed by atoms with Gasteiger partial charge in [0.1, 0.15) is 6.16 Å². The first-order chi connectivity index (χ1) is 11.5. The predicted molar refractivity (Wildman–Crippen MR) is 93.9 cm³/mol. The van der Waals surface area contributed by atoms with Gasteiger partial charge in [-0.3, -0.25) is 4.79 Å².